The predicted octanol–water partition coefficient (Wildman–Crippen LogP) is 10.9. The lowest BCUT2D eigenvalue weighted by Crippen LogP contribution is -2.22. The number of rotatable bonds is 21. The molecule has 9 aromatic rings. The molecule has 12 nitrogen and oxygen atoms in total. The average Bonchev–Trinajstić information content (AvgIpc) is 4.22. The summed E-state index contributed by atoms with van der Waals surface area (Å²) in [5.41, 5.74) is 28.3. The van der Waals surface area contributed by atoms with Gasteiger partial charge in [-0.2, -0.15) is 0 Å². The van der Waals surface area contributed by atoms with Crippen LogP contribution in [0.4, 0.5) is 17.1 Å². The molecule has 1 fully saturated rings. The zero-order valence-electron chi connectivity index (χ0n) is 40.0. The number of aliphatic imine (C=N–C) groups is 3. The molecule has 3 aromatic carbocycles. The van der Waals surface area contributed by atoms with Crippen LogP contribution in [0.3, 0.4) is 0 Å². The normalized spacial score (nSPS) is 15.2. The lowest BCUT2D eigenvalue weighted by atomic mass is 9.94. The third-order valence-electron chi connectivity index (χ3n) is 13.5. The van der Waals surface area contributed by atoms with Gasteiger partial charge in [-0.15, -0.1) is 34.0 Å². The van der Waals surface area contributed by atoms with E-state index in [1.807, 2.05) is 60.3 Å². The zero-order chi connectivity index (χ0) is 48.0. The molecule has 6 aromatic heterocycles. The summed E-state index contributed by atoms with van der Waals surface area (Å²) in [5, 5.41) is 13.2. The smallest absolute Gasteiger partial charge is 0.141 e. The maximum atomic E-state index is 6.63. The average molecular weight is 987 g/mol. The minimum Gasteiger partial charge on any atom is -0.383 e. The van der Waals surface area contributed by atoms with Gasteiger partial charge >= 0.3 is 0 Å². The Labute approximate surface area is 422 Å². The van der Waals surface area contributed by atoms with Crippen LogP contribution in [-0.2, 0) is 26.2 Å². The first-order valence-electron chi connectivity index (χ1n) is 24.3. The van der Waals surface area contributed by atoms with E-state index in [9.17, 15) is 0 Å². The molecule has 7 heterocycles. The van der Waals surface area contributed by atoms with Gasteiger partial charge < -0.3 is 46.0 Å². The standard InChI is InChI=1S/C55H62N12S3/c1-59-19-6-22-67-37-40(44-15-14-42(33-48(44)67)61-54(57)51-10-4-29-69-51)35-63(2)20-7-23-66-27-18-45-46(31-43(34-49(45)66)62-55(58)52-11-5-30-70-52)39-16-25-64(36-39)21-8-24-65-26-17-38-12-13-41(32-47(38)65)60-53(56)50-9-3-28-68-50/h3-5,9-15,17-18,26-34,37,39,59H,6-8,16,19-25,35-36H2,1-2H3,(H2,56,60)(H2,57,61)(H2,58,62). The van der Waals surface area contributed by atoms with Crippen molar-refractivity contribution in [3.8, 4) is 0 Å². The molecule has 360 valence electrons. The van der Waals surface area contributed by atoms with Crippen LogP contribution in [0.2, 0.25) is 0 Å². The van der Waals surface area contributed by atoms with Crippen LogP contribution in [0.25, 0.3) is 32.7 Å². The number of aromatic nitrogens is 3. The molecule has 1 atom stereocenters. The number of aryl methyl sites for hydroxylation is 3. The number of amidine groups is 3. The maximum Gasteiger partial charge on any atom is 0.141 e. The van der Waals surface area contributed by atoms with Gasteiger partial charge in [-0.3, -0.25) is 0 Å². The second-order valence-corrected chi connectivity index (χ2v) is 21.2. The van der Waals surface area contributed by atoms with E-state index in [2.05, 4.69) is 114 Å². The van der Waals surface area contributed by atoms with Gasteiger partial charge in [0.05, 0.1) is 48.2 Å². The van der Waals surface area contributed by atoms with Crippen molar-refractivity contribution in [2.24, 2.45) is 32.2 Å². The van der Waals surface area contributed by atoms with Crippen molar-refractivity contribution in [2.45, 2.75) is 57.8 Å². The van der Waals surface area contributed by atoms with E-state index in [-0.39, 0.29) is 0 Å². The zero-order valence-corrected chi connectivity index (χ0v) is 42.5. The first kappa shape index (κ1) is 47.4. The van der Waals surface area contributed by atoms with E-state index in [1.54, 1.807) is 34.0 Å². The van der Waals surface area contributed by atoms with Gasteiger partial charge in [-0.1, -0.05) is 30.3 Å². The molecule has 0 amide bonds. The Morgan fingerprint density at radius 3 is 1.93 bits per heavy atom. The summed E-state index contributed by atoms with van der Waals surface area (Å²) < 4.78 is 7.17. The molecule has 70 heavy (non-hydrogen) atoms. The van der Waals surface area contributed by atoms with Gasteiger partial charge in [0.2, 0.25) is 0 Å². The molecule has 0 aliphatic carbocycles. The molecule has 0 saturated carbocycles. The van der Waals surface area contributed by atoms with Crippen LogP contribution >= 0.6 is 34.0 Å². The number of hydrogen-bond acceptors (Lipinski definition) is 9. The Bertz CT molecular complexity index is 3260. The molecule has 1 saturated heterocycles. The Kier molecular flexibility index (Phi) is 14.7. The van der Waals surface area contributed by atoms with Crippen LogP contribution in [0.15, 0.2) is 147 Å². The fourth-order valence-electron chi connectivity index (χ4n) is 10.00. The van der Waals surface area contributed by atoms with Crippen molar-refractivity contribution in [1.82, 2.24) is 28.8 Å². The van der Waals surface area contributed by atoms with Gasteiger partial charge in [-0.25, -0.2) is 15.0 Å². The van der Waals surface area contributed by atoms with Crippen LogP contribution < -0.4 is 22.5 Å². The van der Waals surface area contributed by atoms with Gasteiger partial charge in [-0.05, 0) is 171 Å². The fraction of sp³-hybridized carbons (Fsp3) is 0.291. The second kappa shape index (κ2) is 21.8. The lowest BCUT2D eigenvalue weighted by molar-refractivity contribution is 0.316. The highest BCUT2D eigenvalue weighted by Crippen LogP contribution is 2.37. The predicted molar refractivity (Wildman–Crippen MR) is 298 cm³/mol. The first-order chi connectivity index (χ1) is 34.3. The maximum absolute atomic E-state index is 6.63. The molecule has 7 N–H and O–H groups in total. The number of benzene rings is 3. The van der Waals surface area contributed by atoms with Crippen LogP contribution in [0.1, 0.15) is 57.4 Å². The van der Waals surface area contributed by atoms with E-state index in [4.69, 9.17) is 32.2 Å². The summed E-state index contributed by atoms with van der Waals surface area (Å²) in [7, 11) is 4.24. The van der Waals surface area contributed by atoms with Crippen LogP contribution in [-0.4, -0.2) is 87.8 Å². The van der Waals surface area contributed by atoms with Gasteiger partial charge in [0.1, 0.15) is 17.5 Å². The van der Waals surface area contributed by atoms with Crippen molar-refractivity contribution in [2.75, 3.05) is 46.8 Å². The van der Waals surface area contributed by atoms with E-state index < -0.39 is 0 Å². The summed E-state index contributed by atoms with van der Waals surface area (Å²) in [6.07, 6.45) is 11.0. The molecular formula is C55H62N12S3. The van der Waals surface area contributed by atoms with Crippen molar-refractivity contribution >= 4 is 101 Å². The lowest BCUT2D eigenvalue weighted by Gasteiger charge is -2.18. The highest BCUT2D eigenvalue weighted by molar-refractivity contribution is 7.12. The minimum atomic E-state index is 0.408. The first-order valence-corrected chi connectivity index (χ1v) is 26.9. The molecule has 1 aliphatic rings. The summed E-state index contributed by atoms with van der Waals surface area (Å²) in [6, 6.07) is 34.0. The molecule has 0 radical (unpaired) electrons. The molecule has 10 rings (SSSR count). The quantitative estimate of drug-likeness (QED) is 0.0320. The van der Waals surface area contributed by atoms with Crippen LogP contribution in [0, 0.1) is 0 Å². The van der Waals surface area contributed by atoms with E-state index in [0.29, 0.717) is 23.4 Å². The van der Waals surface area contributed by atoms with Gasteiger partial charge in [0.25, 0.3) is 0 Å². The Morgan fingerprint density at radius 1 is 0.643 bits per heavy atom. The number of nitrogens with one attached hydrogen (secondary N) is 1. The number of thiophene rings is 3. The van der Waals surface area contributed by atoms with Crippen molar-refractivity contribution < 1.29 is 0 Å². The largest absolute Gasteiger partial charge is 0.383 e. The number of fused-ring (bicyclic) bond motifs is 3. The fourth-order valence-corrected chi connectivity index (χ4v) is 11.9. The van der Waals surface area contributed by atoms with Crippen molar-refractivity contribution in [3.63, 3.8) is 0 Å². The number of hydrogen-bond donors (Lipinski definition) is 4. The Balaban J connectivity index is 0.813. The number of nitrogens with two attached hydrogens (primary N) is 3. The third-order valence-corrected chi connectivity index (χ3v) is 16.1. The van der Waals surface area contributed by atoms with Crippen molar-refractivity contribution in [1.29, 1.82) is 0 Å². The van der Waals surface area contributed by atoms with Gasteiger partial charge in [0.15, 0.2) is 0 Å². The molecule has 1 unspecified atom stereocenters. The molecule has 0 spiro atoms. The number of nitrogens with zero attached hydrogens (tertiary/aromatic N) is 8. The summed E-state index contributed by atoms with van der Waals surface area (Å²) in [6.45, 7) is 8.68. The summed E-state index contributed by atoms with van der Waals surface area (Å²) >= 11 is 4.84. The Hall–Kier alpha value is -6.33. The SMILES string of the molecule is CNCCCn1cc(CN(C)CCCn2ccc3c(C4CCN(CCCn5ccc6ccc(N=C(N)c7cccs7)cc65)C4)cc(N=C(N)c4cccs4)cc32)c2ccc(N=C(N)c3cccs3)cc21. The molecule has 15 heteroatoms. The Morgan fingerprint density at radius 2 is 1.24 bits per heavy atom. The summed E-state index contributed by atoms with van der Waals surface area (Å²) in [5.74, 6) is 2.07. The highest BCUT2D eigenvalue weighted by atomic mass is 32.1. The molecule has 1 aliphatic heterocycles. The number of likely N-dealkylation sites (tertiary alicyclic amines) is 1. The van der Waals surface area contributed by atoms with Crippen LogP contribution in [0.5, 0.6) is 0 Å². The monoisotopic (exact) mass is 986 g/mol. The second-order valence-electron chi connectivity index (χ2n) is 18.4. The third kappa shape index (κ3) is 10.8. The van der Waals surface area contributed by atoms with E-state index in [1.165, 1.54) is 43.8 Å². The van der Waals surface area contributed by atoms with E-state index in [0.717, 1.165) is 116 Å². The summed E-state index contributed by atoms with van der Waals surface area (Å²) in [4.78, 5) is 22.6. The van der Waals surface area contributed by atoms with Gasteiger partial charge in [0, 0.05) is 62.1 Å². The highest BCUT2D eigenvalue weighted by Gasteiger charge is 2.26. The van der Waals surface area contributed by atoms with E-state index >= 15 is 0 Å². The molecule has 0 bridgehead atoms. The van der Waals surface area contributed by atoms with Crippen molar-refractivity contribution in [3.05, 3.63) is 158 Å². The molecular weight excluding hydrogens is 925 g/mol. The topological polar surface area (TPSA) is 148 Å². The minimum absolute atomic E-state index is 0.408.